The van der Waals surface area contributed by atoms with E-state index in [0.29, 0.717) is 42.3 Å². The van der Waals surface area contributed by atoms with E-state index in [2.05, 4.69) is 6.07 Å². The van der Waals surface area contributed by atoms with Gasteiger partial charge in [-0.15, -0.1) is 0 Å². The molecule has 0 radical (unpaired) electrons. The lowest BCUT2D eigenvalue weighted by molar-refractivity contribution is 0.182. The highest BCUT2D eigenvalue weighted by Crippen LogP contribution is 2.26. The predicted molar refractivity (Wildman–Crippen MR) is 91.9 cm³/mol. The van der Waals surface area contributed by atoms with Gasteiger partial charge in [0.05, 0.1) is 32.5 Å². The number of aliphatic hydroxyl groups is 1. The molecule has 5 nitrogen and oxygen atoms in total. The van der Waals surface area contributed by atoms with Gasteiger partial charge in [-0.25, -0.2) is 4.39 Å². The van der Waals surface area contributed by atoms with Crippen LogP contribution in [0.5, 0.6) is 11.5 Å². The largest absolute Gasteiger partial charge is 0.497 e. The van der Waals surface area contributed by atoms with Gasteiger partial charge in [-0.2, -0.15) is 5.26 Å². The fourth-order valence-corrected chi connectivity index (χ4v) is 2.62. The number of hydrogen-bond donors (Lipinski definition) is 1. The lowest BCUT2D eigenvalue weighted by atomic mass is 10.1. The SMILES string of the molecule is COc1ccc(CN(CCO)Cc2cc(F)ccc2C#N)c(OC)c1. The van der Waals surface area contributed by atoms with Gasteiger partial charge in [0.15, 0.2) is 0 Å². The molecule has 0 bridgehead atoms. The first-order valence-electron chi connectivity index (χ1n) is 7.84. The lowest BCUT2D eigenvalue weighted by Gasteiger charge is -2.23. The summed E-state index contributed by atoms with van der Waals surface area (Å²) in [4.78, 5) is 1.93. The number of nitriles is 1. The number of nitrogens with zero attached hydrogens (tertiary/aromatic N) is 2. The molecule has 0 saturated carbocycles. The Bertz CT molecular complexity index is 759. The van der Waals surface area contributed by atoms with Crippen molar-refractivity contribution in [2.24, 2.45) is 0 Å². The van der Waals surface area contributed by atoms with E-state index in [9.17, 15) is 14.8 Å². The molecule has 132 valence electrons. The van der Waals surface area contributed by atoms with E-state index in [0.717, 1.165) is 5.56 Å². The van der Waals surface area contributed by atoms with Crippen LogP contribution in [-0.4, -0.2) is 37.4 Å². The van der Waals surface area contributed by atoms with Crippen LogP contribution >= 0.6 is 0 Å². The fourth-order valence-electron chi connectivity index (χ4n) is 2.62. The monoisotopic (exact) mass is 344 g/mol. The first kappa shape index (κ1) is 18.7. The van der Waals surface area contributed by atoms with Crippen molar-refractivity contribution in [2.45, 2.75) is 13.1 Å². The fraction of sp³-hybridized carbons (Fsp3) is 0.316. The van der Waals surface area contributed by atoms with Crippen molar-refractivity contribution < 1.29 is 19.0 Å². The average molecular weight is 344 g/mol. The summed E-state index contributed by atoms with van der Waals surface area (Å²) in [6.07, 6.45) is 0. The quantitative estimate of drug-likeness (QED) is 0.798. The molecule has 25 heavy (non-hydrogen) atoms. The molecule has 6 heteroatoms. The van der Waals surface area contributed by atoms with Crippen molar-refractivity contribution in [1.29, 1.82) is 5.26 Å². The molecule has 0 atom stereocenters. The maximum absolute atomic E-state index is 13.5. The molecule has 2 rings (SSSR count). The Balaban J connectivity index is 2.25. The van der Waals surface area contributed by atoms with Crippen LogP contribution in [0.1, 0.15) is 16.7 Å². The third kappa shape index (κ3) is 4.92. The Hall–Kier alpha value is -2.62. The molecule has 2 aromatic rings. The van der Waals surface area contributed by atoms with E-state index < -0.39 is 0 Å². The van der Waals surface area contributed by atoms with E-state index in [4.69, 9.17) is 9.47 Å². The first-order chi connectivity index (χ1) is 12.1. The Morgan fingerprint density at radius 3 is 2.48 bits per heavy atom. The van der Waals surface area contributed by atoms with Crippen LogP contribution in [0.3, 0.4) is 0 Å². The normalized spacial score (nSPS) is 10.6. The summed E-state index contributed by atoms with van der Waals surface area (Å²) >= 11 is 0. The average Bonchev–Trinajstić information content (AvgIpc) is 2.62. The molecular weight excluding hydrogens is 323 g/mol. The van der Waals surface area contributed by atoms with E-state index in [1.165, 1.54) is 18.2 Å². The van der Waals surface area contributed by atoms with E-state index in [-0.39, 0.29) is 12.4 Å². The summed E-state index contributed by atoms with van der Waals surface area (Å²) in [5, 5.41) is 18.6. The molecule has 0 aliphatic carbocycles. The highest BCUT2D eigenvalue weighted by molar-refractivity contribution is 5.41. The number of ether oxygens (including phenoxy) is 2. The van der Waals surface area contributed by atoms with Crippen LogP contribution in [0.25, 0.3) is 0 Å². The van der Waals surface area contributed by atoms with Crippen LogP contribution < -0.4 is 9.47 Å². The molecule has 0 aliphatic heterocycles. The summed E-state index contributed by atoms with van der Waals surface area (Å²) in [6.45, 7) is 1.16. The predicted octanol–water partition coefficient (Wildman–Crippen LogP) is 2.71. The zero-order chi connectivity index (χ0) is 18.2. The summed E-state index contributed by atoms with van der Waals surface area (Å²) in [7, 11) is 3.16. The minimum atomic E-state index is -0.389. The van der Waals surface area contributed by atoms with Gasteiger partial charge in [0.1, 0.15) is 17.3 Å². The van der Waals surface area contributed by atoms with Gasteiger partial charge in [0, 0.05) is 31.3 Å². The van der Waals surface area contributed by atoms with E-state index in [1.807, 2.05) is 17.0 Å². The molecule has 0 heterocycles. The highest BCUT2D eigenvalue weighted by Gasteiger charge is 2.14. The molecule has 0 spiro atoms. The van der Waals surface area contributed by atoms with Crippen LogP contribution in [0.2, 0.25) is 0 Å². The van der Waals surface area contributed by atoms with Gasteiger partial charge >= 0.3 is 0 Å². The second-order valence-electron chi connectivity index (χ2n) is 5.53. The maximum atomic E-state index is 13.5. The van der Waals surface area contributed by atoms with Gasteiger partial charge in [0.2, 0.25) is 0 Å². The maximum Gasteiger partial charge on any atom is 0.127 e. The summed E-state index contributed by atoms with van der Waals surface area (Å²) in [5.41, 5.74) is 1.92. The first-order valence-corrected chi connectivity index (χ1v) is 7.84. The Morgan fingerprint density at radius 2 is 1.84 bits per heavy atom. The van der Waals surface area contributed by atoms with Crippen molar-refractivity contribution in [2.75, 3.05) is 27.4 Å². The molecule has 0 unspecified atom stereocenters. The number of methoxy groups -OCH3 is 2. The van der Waals surface area contributed by atoms with Gasteiger partial charge in [0.25, 0.3) is 0 Å². The number of benzene rings is 2. The third-order valence-corrected chi connectivity index (χ3v) is 3.89. The van der Waals surface area contributed by atoms with Crippen molar-refractivity contribution in [3.8, 4) is 17.6 Å². The smallest absolute Gasteiger partial charge is 0.127 e. The standard InChI is InChI=1S/C19H21FN2O3/c1-24-18-6-4-15(19(10-18)25-2)12-22(7-8-23)13-16-9-17(20)5-3-14(16)11-21/h3-6,9-10,23H,7-8,12-13H2,1-2H3. The van der Waals surface area contributed by atoms with E-state index in [1.54, 1.807) is 20.3 Å². The minimum absolute atomic E-state index is 0.0460. The van der Waals surface area contributed by atoms with Crippen molar-refractivity contribution in [1.82, 2.24) is 4.90 Å². The molecule has 1 N–H and O–H groups in total. The van der Waals surface area contributed by atoms with Crippen LogP contribution in [0.15, 0.2) is 36.4 Å². The Kier molecular flexibility index (Phi) is 6.75. The van der Waals surface area contributed by atoms with Gasteiger partial charge in [-0.05, 0) is 29.8 Å². The molecule has 0 amide bonds. The number of halogens is 1. The second-order valence-corrected chi connectivity index (χ2v) is 5.53. The van der Waals surface area contributed by atoms with E-state index >= 15 is 0 Å². The Morgan fingerprint density at radius 1 is 1.08 bits per heavy atom. The summed E-state index contributed by atoms with van der Waals surface area (Å²) in [5.74, 6) is 0.966. The molecule has 0 fully saturated rings. The van der Waals surface area contributed by atoms with Crippen molar-refractivity contribution in [3.05, 3.63) is 58.9 Å². The minimum Gasteiger partial charge on any atom is -0.497 e. The zero-order valence-corrected chi connectivity index (χ0v) is 14.3. The van der Waals surface area contributed by atoms with Crippen LogP contribution in [-0.2, 0) is 13.1 Å². The summed E-state index contributed by atoms with van der Waals surface area (Å²) < 4.78 is 24.1. The molecule has 0 saturated heterocycles. The van der Waals surface area contributed by atoms with Crippen molar-refractivity contribution >= 4 is 0 Å². The number of rotatable bonds is 8. The molecular formula is C19H21FN2O3. The van der Waals surface area contributed by atoms with Gasteiger partial charge in [-0.3, -0.25) is 4.90 Å². The second kappa shape index (κ2) is 9.02. The molecule has 0 aliphatic rings. The molecule has 0 aromatic heterocycles. The number of aliphatic hydroxyl groups excluding tert-OH is 1. The third-order valence-electron chi connectivity index (χ3n) is 3.89. The topological polar surface area (TPSA) is 65.7 Å². The Labute approximate surface area is 146 Å². The molecule has 2 aromatic carbocycles. The van der Waals surface area contributed by atoms with Gasteiger partial charge in [-0.1, -0.05) is 6.07 Å². The van der Waals surface area contributed by atoms with Crippen LogP contribution in [0, 0.1) is 17.1 Å². The zero-order valence-electron chi connectivity index (χ0n) is 14.3. The van der Waals surface area contributed by atoms with Crippen molar-refractivity contribution in [3.63, 3.8) is 0 Å². The lowest BCUT2D eigenvalue weighted by Crippen LogP contribution is -2.26. The number of hydrogen-bond acceptors (Lipinski definition) is 5. The summed E-state index contributed by atoms with van der Waals surface area (Å²) in [6, 6.07) is 11.7. The van der Waals surface area contributed by atoms with Crippen LogP contribution in [0.4, 0.5) is 4.39 Å². The van der Waals surface area contributed by atoms with Gasteiger partial charge < -0.3 is 14.6 Å². The highest BCUT2D eigenvalue weighted by atomic mass is 19.1.